The van der Waals surface area contributed by atoms with Gasteiger partial charge in [0.15, 0.2) is 10.1 Å². The van der Waals surface area contributed by atoms with E-state index in [0.717, 1.165) is 11.1 Å². The molecular formula is C25H18ClNO3S2. The average molecular weight is 480 g/mol. The lowest BCUT2D eigenvalue weighted by Gasteiger charge is -2.15. The Morgan fingerprint density at radius 2 is 1.84 bits per heavy atom. The number of amides is 1. The van der Waals surface area contributed by atoms with Gasteiger partial charge in [0.2, 0.25) is 0 Å². The molecule has 4 rings (SSSR count). The number of carbonyl (C=O) groups is 2. The summed E-state index contributed by atoms with van der Waals surface area (Å²) >= 11 is 12.9. The van der Waals surface area contributed by atoms with E-state index < -0.39 is 0 Å². The van der Waals surface area contributed by atoms with Crippen molar-refractivity contribution in [2.75, 3.05) is 4.90 Å². The fourth-order valence-corrected chi connectivity index (χ4v) is 4.68. The van der Waals surface area contributed by atoms with Crippen LogP contribution in [-0.4, -0.2) is 16.0 Å². The number of ketones is 1. The molecule has 0 N–H and O–H groups in total. The number of benzene rings is 3. The minimum atomic E-state index is -0.235. The number of rotatable bonds is 6. The molecule has 3 aromatic carbocycles. The number of hydrogen-bond donors (Lipinski definition) is 0. The summed E-state index contributed by atoms with van der Waals surface area (Å²) in [6.45, 7) is 1.80. The molecule has 1 fully saturated rings. The Kier molecular flexibility index (Phi) is 6.74. The van der Waals surface area contributed by atoms with Crippen molar-refractivity contribution in [1.82, 2.24) is 0 Å². The number of para-hydroxylation sites is 1. The lowest BCUT2D eigenvalue weighted by Crippen LogP contribution is -2.27. The second kappa shape index (κ2) is 9.69. The van der Waals surface area contributed by atoms with Crippen LogP contribution in [0, 0.1) is 0 Å². The van der Waals surface area contributed by atoms with Crippen molar-refractivity contribution in [1.29, 1.82) is 0 Å². The molecule has 0 aromatic heterocycles. The van der Waals surface area contributed by atoms with E-state index in [0.29, 0.717) is 37.9 Å². The van der Waals surface area contributed by atoms with Crippen molar-refractivity contribution >= 4 is 63.4 Å². The molecule has 160 valence electrons. The van der Waals surface area contributed by atoms with Gasteiger partial charge in [-0.05, 0) is 37.3 Å². The number of thiocarbonyl (C=S) groups is 1. The van der Waals surface area contributed by atoms with E-state index in [4.69, 9.17) is 28.6 Å². The smallest absolute Gasteiger partial charge is 0.270 e. The van der Waals surface area contributed by atoms with E-state index in [2.05, 4.69) is 0 Å². The van der Waals surface area contributed by atoms with Gasteiger partial charge in [-0.1, -0.05) is 84.1 Å². The average Bonchev–Trinajstić information content (AvgIpc) is 3.07. The number of halogens is 1. The van der Waals surface area contributed by atoms with E-state index >= 15 is 0 Å². The third-order valence-electron chi connectivity index (χ3n) is 4.85. The van der Waals surface area contributed by atoms with Crippen LogP contribution in [0.5, 0.6) is 5.75 Å². The number of hydrogen-bond acceptors (Lipinski definition) is 5. The highest BCUT2D eigenvalue weighted by molar-refractivity contribution is 8.27. The van der Waals surface area contributed by atoms with Crippen LogP contribution in [-0.2, 0) is 11.4 Å². The van der Waals surface area contributed by atoms with E-state index in [1.165, 1.54) is 23.6 Å². The molecule has 1 aliphatic heterocycles. The first-order chi connectivity index (χ1) is 15.4. The Morgan fingerprint density at radius 1 is 1.09 bits per heavy atom. The highest BCUT2D eigenvalue weighted by Crippen LogP contribution is 2.37. The van der Waals surface area contributed by atoms with E-state index in [1.807, 2.05) is 48.5 Å². The van der Waals surface area contributed by atoms with Crippen LogP contribution in [0.25, 0.3) is 6.08 Å². The molecule has 1 amide bonds. The predicted octanol–water partition coefficient (Wildman–Crippen LogP) is 6.53. The van der Waals surface area contributed by atoms with Crippen LogP contribution in [0.2, 0.25) is 5.02 Å². The highest BCUT2D eigenvalue weighted by Gasteiger charge is 2.33. The second-order valence-electron chi connectivity index (χ2n) is 7.04. The Labute approximate surface area is 200 Å². The highest BCUT2D eigenvalue weighted by atomic mass is 35.5. The molecule has 3 aromatic rings. The number of Topliss-reactive ketones (excluding diaryl/α,β-unsaturated/α-hetero) is 1. The first-order valence-corrected chi connectivity index (χ1v) is 11.4. The molecule has 4 nitrogen and oxygen atoms in total. The maximum absolute atomic E-state index is 13.1. The summed E-state index contributed by atoms with van der Waals surface area (Å²) in [5.74, 6) is 0.329. The third kappa shape index (κ3) is 4.78. The number of anilines is 1. The van der Waals surface area contributed by atoms with Crippen molar-refractivity contribution in [3.05, 3.63) is 99.4 Å². The Balaban J connectivity index is 1.59. The van der Waals surface area contributed by atoms with Crippen molar-refractivity contribution in [3.8, 4) is 5.75 Å². The number of ether oxygens (including phenoxy) is 1. The Hall–Kier alpha value is -2.93. The van der Waals surface area contributed by atoms with Crippen LogP contribution >= 0.6 is 35.6 Å². The van der Waals surface area contributed by atoms with E-state index in [1.54, 1.807) is 30.3 Å². The molecule has 0 aliphatic carbocycles. The zero-order valence-electron chi connectivity index (χ0n) is 17.1. The molecule has 0 radical (unpaired) electrons. The Bertz CT molecular complexity index is 1260. The van der Waals surface area contributed by atoms with Gasteiger partial charge in [0.1, 0.15) is 12.4 Å². The largest absolute Gasteiger partial charge is 0.488 e. The molecule has 0 unspecified atom stereocenters. The summed E-state index contributed by atoms with van der Waals surface area (Å²) in [5.41, 5.74) is 2.74. The fourth-order valence-electron chi connectivity index (χ4n) is 3.20. The summed E-state index contributed by atoms with van der Waals surface area (Å²) in [4.78, 5) is 26.8. The van der Waals surface area contributed by atoms with Gasteiger partial charge in [0, 0.05) is 21.7 Å². The summed E-state index contributed by atoms with van der Waals surface area (Å²) < 4.78 is 6.41. The van der Waals surface area contributed by atoms with Crippen LogP contribution < -0.4 is 9.64 Å². The van der Waals surface area contributed by atoms with Crippen LogP contribution in [0.4, 0.5) is 5.69 Å². The molecule has 0 atom stereocenters. The monoisotopic (exact) mass is 479 g/mol. The maximum Gasteiger partial charge on any atom is 0.270 e. The molecule has 1 heterocycles. The predicted molar refractivity (Wildman–Crippen MR) is 134 cm³/mol. The minimum Gasteiger partial charge on any atom is -0.488 e. The van der Waals surface area contributed by atoms with Gasteiger partial charge in [-0.2, -0.15) is 0 Å². The molecule has 0 bridgehead atoms. The quantitative estimate of drug-likeness (QED) is 0.228. The number of nitrogens with zero attached hydrogens (tertiary/aromatic N) is 1. The normalized spacial score (nSPS) is 14.8. The molecule has 1 aliphatic rings. The SMILES string of the molecule is CC(=O)c1cccc(N2C(=O)C(=Cc3ccccc3OCc3ccccc3Cl)SC2=S)c1. The first-order valence-electron chi connectivity index (χ1n) is 9.78. The van der Waals surface area contributed by atoms with Crippen molar-refractivity contribution in [2.24, 2.45) is 0 Å². The van der Waals surface area contributed by atoms with Gasteiger partial charge in [-0.15, -0.1) is 0 Å². The topological polar surface area (TPSA) is 46.6 Å². The zero-order valence-corrected chi connectivity index (χ0v) is 19.5. The number of thioether (sulfide) groups is 1. The van der Waals surface area contributed by atoms with Gasteiger partial charge in [-0.25, -0.2) is 0 Å². The lowest BCUT2D eigenvalue weighted by atomic mass is 10.1. The lowest BCUT2D eigenvalue weighted by molar-refractivity contribution is -0.113. The van der Waals surface area contributed by atoms with Crippen LogP contribution in [0.1, 0.15) is 28.4 Å². The number of carbonyl (C=O) groups excluding carboxylic acids is 2. The molecule has 1 saturated heterocycles. The maximum atomic E-state index is 13.1. The van der Waals surface area contributed by atoms with E-state index in [9.17, 15) is 9.59 Å². The molecule has 0 spiro atoms. The first kappa shape index (κ1) is 22.3. The van der Waals surface area contributed by atoms with E-state index in [-0.39, 0.29) is 11.7 Å². The summed E-state index contributed by atoms with van der Waals surface area (Å²) in [5, 5.41) is 0.638. The van der Waals surface area contributed by atoms with Gasteiger partial charge in [0.05, 0.1) is 10.6 Å². The molecule has 32 heavy (non-hydrogen) atoms. The summed E-state index contributed by atoms with van der Waals surface area (Å²) in [6, 6.07) is 21.9. The van der Waals surface area contributed by atoms with Crippen LogP contribution in [0.3, 0.4) is 0 Å². The summed E-state index contributed by atoms with van der Waals surface area (Å²) in [6.07, 6.45) is 1.77. The molecule has 0 saturated carbocycles. The van der Waals surface area contributed by atoms with Gasteiger partial charge in [-0.3, -0.25) is 14.5 Å². The van der Waals surface area contributed by atoms with Crippen LogP contribution in [0.15, 0.2) is 77.7 Å². The standard InChI is InChI=1S/C25H18ClNO3S2/c1-16(28)17-9-6-10-20(13-17)27-24(29)23(32-25(27)31)14-18-7-3-5-12-22(18)30-15-19-8-2-4-11-21(19)26/h2-14H,15H2,1H3. The van der Waals surface area contributed by atoms with Gasteiger partial charge >= 0.3 is 0 Å². The van der Waals surface area contributed by atoms with Crippen molar-refractivity contribution < 1.29 is 14.3 Å². The second-order valence-corrected chi connectivity index (χ2v) is 9.12. The van der Waals surface area contributed by atoms with Gasteiger partial charge < -0.3 is 4.74 Å². The van der Waals surface area contributed by atoms with Gasteiger partial charge in [0.25, 0.3) is 5.91 Å². The summed E-state index contributed by atoms with van der Waals surface area (Å²) in [7, 11) is 0. The minimum absolute atomic E-state index is 0.0718. The zero-order chi connectivity index (χ0) is 22.7. The molecular weight excluding hydrogens is 462 g/mol. The Morgan fingerprint density at radius 3 is 2.62 bits per heavy atom. The third-order valence-corrected chi connectivity index (χ3v) is 6.52. The fraction of sp³-hybridized carbons (Fsp3) is 0.0800. The van der Waals surface area contributed by atoms with Crippen molar-refractivity contribution in [3.63, 3.8) is 0 Å². The van der Waals surface area contributed by atoms with Crippen molar-refractivity contribution in [2.45, 2.75) is 13.5 Å². The molecule has 7 heteroatoms.